The third-order valence-electron chi connectivity index (χ3n) is 5.34. The number of methoxy groups -OCH3 is 1. The molecule has 0 radical (unpaired) electrons. The summed E-state index contributed by atoms with van der Waals surface area (Å²) in [4.78, 5) is 12.4. The fourth-order valence-corrected chi connectivity index (χ4v) is 4.13. The van der Waals surface area contributed by atoms with Crippen LogP contribution in [0, 0.1) is 0 Å². The van der Waals surface area contributed by atoms with Crippen molar-refractivity contribution in [1.29, 1.82) is 0 Å². The van der Waals surface area contributed by atoms with Gasteiger partial charge >= 0.3 is 0 Å². The van der Waals surface area contributed by atoms with Gasteiger partial charge in [-0.05, 0) is 30.2 Å². The summed E-state index contributed by atoms with van der Waals surface area (Å²) in [5, 5.41) is 12.0. The number of benzene rings is 2. The molecule has 0 aliphatic carbocycles. The summed E-state index contributed by atoms with van der Waals surface area (Å²) in [6.45, 7) is 5.12. The number of nitrogens with one attached hydrogen (secondary N) is 2. The lowest BCUT2D eigenvalue weighted by Crippen LogP contribution is -2.26. The standard InChI is InChI=1S/C23H24ClN5O2/c1-3-11-26-17-7-5-4-6-15(17)18-10-12-27-23-20(22(25)30)21(28-29(18)23)14-8-9-16(24)19(13-14)31-2/h3-9,13,18,26-27H,1,10-12H2,2H3,(H2,25,30). The number of rotatable bonds is 7. The zero-order chi connectivity index (χ0) is 22.0. The topological polar surface area (TPSA) is 94.2 Å². The molecule has 2 aromatic carbocycles. The molecule has 1 unspecified atom stereocenters. The van der Waals surface area contributed by atoms with E-state index in [9.17, 15) is 4.79 Å². The Hall–Kier alpha value is -3.45. The number of aromatic nitrogens is 2. The van der Waals surface area contributed by atoms with Gasteiger partial charge in [0.2, 0.25) is 0 Å². The Labute approximate surface area is 185 Å². The van der Waals surface area contributed by atoms with Gasteiger partial charge in [-0.25, -0.2) is 4.68 Å². The first-order valence-corrected chi connectivity index (χ1v) is 10.4. The molecule has 3 aromatic rings. The maximum absolute atomic E-state index is 12.4. The van der Waals surface area contributed by atoms with Crippen LogP contribution < -0.4 is 21.1 Å². The van der Waals surface area contributed by atoms with Crippen LogP contribution in [0.15, 0.2) is 55.1 Å². The summed E-state index contributed by atoms with van der Waals surface area (Å²) < 4.78 is 7.19. The summed E-state index contributed by atoms with van der Waals surface area (Å²) in [7, 11) is 1.54. The molecule has 1 aliphatic rings. The minimum absolute atomic E-state index is 0.0641. The van der Waals surface area contributed by atoms with Gasteiger partial charge in [0.1, 0.15) is 22.8 Å². The Balaban J connectivity index is 1.86. The first kappa shape index (κ1) is 20.8. The van der Waals surface area contributed by atoms with Crippen molar-refractivity contribution in [3.05, 3.63) is 71.3 Å². The van der Waals surface area contributed by atoms with Crippen LogP contribution in [0.2, 0.25) is 5.02 Å². The summed E-state index contributed by atoms with van der Waals surface area (Å²) >= 11 is 6.18. The number of halogens is 1. The van der Waals surface area contributed by atoms with Gasteiger partial charge in [-0.3, -0.25) is 4.79 Å². The number of nitrogens with zero attached hydrogens (tertiary/aromatic N) is 2. The number of carbonyl (C=O) groups excluding carboxylic acids is 1. The Kier molecular flexibility index (Phi) is 5.86. The monoisotopic (exact) mass is 437 g/mol. The number of ether oxygens (including phenoxy) is 1. The summed E-state index contributed by atoms with van der Waals surface area (Å²) in [5.74, 6) is 0.576. The van der Waals surface area contributed by atoms with Crippen LogP contribution >= 0.6 is 11.6 Å². The van der Waals surface area contributed by atoms with Crippen molar-refractivity contribution in [3.8, 4) is 17.0 Å². The number of anilines is 2. The normalized spacial score (nSPS) is 15.0. The van der Waals surface area contributed by atoms with Crippen LogP contribution in [0.5, 0.6) is 5.75 Å². The van der Waals surface area contributed by atoms with Gasteiger partial charge in [-0.1, -0.05) is 41.9 Å². The Bertz CT molecular complexity index is 1140. The van der Waals surface area contributed by atoms with E-state index in [1.54, 1.807) is 25.3 Å². The molecule has 7 nitrogen and oxygen atoms in total. The highest BCUT2D eigenvalue weighted by molar-refractivity contribution is 6.32. The fourth-order valence-electron chi connectivity index (χ4n) is 3.94. The van der Waals surface area contributed by atoms with Crippen molar-refractivity contribution in [3.63, 3.8) is 0 Å². The Morgan fingerprint density at radius 3 is 2.97 bits per heavy atom. The fraction of sp³-hybridized carbons (Fsp3) is 0.217. The number of amides is 1. The van der Waals surface area contributed by atoms with Crippen LogP contribution in [0.25, 0.3) is 11.3 Å². The van der Waals surface area contributed by atoms with E-state index < -0.39 is 5.91 Å². The molecule has 0 bridgehead atoms. The van der Waals surface area contributed by atoms with Gasteiger partial charge in [0, 0.05) is 24.3 Å². The zero-order valence-corrected chi connectivity index (χ0v) is 17.9. The van der Waals surface area contributed by atoms with E-state index in [0.717, 1.165) is 17.7 Å². The second-order valence-corrected chi connectivity index (χ2v) is 7.63. The van der Waals surface area contributed by atoms with E-state index >= 15 is 0 Å². The SMILES string of the molecule is C=CCNc1ccccc1C1CCNc2c(C(N)=O)c(-c3ccc(Cl)c(OC)c3)nn21. The molecule has 1 aliphatic heterocycles. The molecule has 2 heterocycles. The smallest absolute Gasteiger partial charge is 0.254 e. The molecule has 4 N–H and O–H groups in total. The third kappa shape index (κ3) is 3.84. The quantitative estimate of drug-likeness (QED) is 0.479. The number of hydrogen-bond donors (Lipinski definition) is 3. The van der Waals surface area contributed by atoms with E-state index in [0.29, 0.717) is 46.5 Å². The molecular formula is C23H24ClN5O2. The highest BCUT2D eigenvalue weighted by atomic mass is 35.5. The maximum Gasteiger partial charge on any atom is 0.254 e. The van der Waals surface area contributed by atoms with Crippen LogP contribution in [0.1, 0.15) is 28.4 Å². The van der Waals surface area contributed by atoms with E-state index in [-0.39, 0.29) is 6.04 Å². The maximum atomic E-state index is 12.4. The molecule has 4 rings (SSSR count). The molecule has 1 atom stereocenters. The van der Waals surface area contributed by atoms with Crippen molar-refractivity contribution in [2.75, 3.05) is 30.8 Å². The molecule has 0 saturated carbocycles. The van der Waals surface area contributed by atoms with E-state index in [1.165, 1.54) is 0 Å². The number of hydrogen-bond acceptors (Lipinski definition) is 5. The Morgan fingerprint density at radius 1 is 1.42 bits per heavy atom. The van der Waals surface area contributed by atoms with Crippen molar-refractivity contribution in [2.45, 2.75) is 12.5 Å². The summed E-state index contributed by atoms with van der Waals surface area (Å²) in [5.41, 5.74) is 9.43. The lowest BCUT2D eigenvalue weighted by molar-refractivity contribution is 0.100. The highest BCUT2D eigenvalue weighted by Crippen LogP contribution is 2.40. The van der Waals surface area contributed by atoms with E-state index in [4.69, 9.17) is 27.2 Å². The molecular weight excluding hydrogens is 414 g/mol. The van der Waals surface area contributed by atoms with Gasteiger partial charge in [-0.15, -0.1) is 6.58 Å². The van der Waals surface area contributed by atoms with Crippen LogP contribution in [0.3, 0.4) is 0 Å². The number of carbonyl (C=O) groups is 1. The van der Waals surface area contributed by atoms with Crippen molar-refractivity contribution in [1.82, 2.24) is 9.78 Å². The predicted octanol–water partition coefficient (Wildman–Crippen LogP) is 4.31. The summed E-state index contributed by atoms with van der Waals surface area (Å²) in [6, 6.07) is 13.3. The molecule has 1 amide bonds. The second-order valence-electron chi connectivity index (χ2n) is 7.22. The van der Waals surface area contributed by atoms with Crippen LogP contribution in [0.4, 0.5) is 11.5 Å². The first-order chi connectivity index (χ1) is 15.0. The first-order valence-electron chi connectivity index (χ1n) is 9.99. The lowest BCUT2D eigenvalue weighted by Gasteiger charge is -2.28. The van der Waals surface area contributed by atoms with Gasteiger partial charge in [0.05, 0.1) is 18.2 Å². The minimum atomic E-state index is -0.545. The molecule has 31 heavy (non-hydrogen) atoms. The molecule has 8 heteroatoms. The summed E-state index contributed by atoms with van der Waals surface area (Å²) in [6.07, 6.45) is 2.62. The molecule has 0 spiro atoms. The number of fused-ring (bicyclic) bond motifs is 1. The van der Waals surface area contributed by atoms with Crippen molar-refractivity contribution in [2.24, 2.45) is 5.73 Å². The van der Waals surface area contributed by atoms with E-state index in [2.05, 4.69) is 23.3 Å². The number of para-hydroxylation sites is 1. The van der Waals surface area contributed by atoms with Gasteiger partial charge < -0.3 is 21.1 Å². The zero-order valence-electron chi connectivity index (χ0n) is 17.2. The number of primary amides is 1. The van der Waals surface area contributed by atoms with Crippen molar-refractivity contribution < 1.29 is 9.53 Å². The predicted molar refractivity (Wildman–Crippen MR) is 124 cm³/mol. The van der Waals surface area contributed by atoms with E-state index in [1.807, 2.05) is 29.0 Å². The average molecular weight is 438 g/mol. The third-order valence-corrected chi connectivity index (χ3v) is 5.66. The lowest BCUT2D eigenvalue weighted by atomic mass is 9.99. The van der Waals surface area contributed by atoms with Crippen LogP contribution in [-0.2, 0) is 0 Å². The van der Waals surface area contributed by atoms with Crippen molar-refractivity contribution >= 4 is 29.0 Å². The van der Waals surface area contributed by atoms with Gasteiger partial charge in [0.15, 0.2) is 0 Å². The van der Waals surface area contributed by atoms with Crippen LogP contribution in [-0.4, -0.2) is 35.9 Å². The number of nitrogens with two attached hydrogens (primary N) is 1. The average Bonchev–Trinajstić information content (AvgIpc) is 3.18. The largest absolute Gasteiger partial charge is 0.495 e. The molecule has 0 saturated heterocycles. The Morgan fingerprint density at radius 2 is 2.23 bits per heavy atom. The second kappa shape index (κ2) is 8.73. The minimum Gasteiger partial charge on any atom is -0.495 e. The van der Waals surface area contributed by atoms with Gasteiger partial charge in [-0.2, -0.15) is 5.10 Å². The molecule has 0 fully saturated rings. The molecule has 1 aromatic heterocycles. The highest BCUT2D eigenvalue weighted by Gasteiger charge is 2.31. The van der Waals surface area contributed by atoms with Gasteiger partial charge in [0.25, 0.3) is 5.91 Å². The molecule has 160 valence electrons.